The smallest absolute Gasteiger partial charge is 0.325 e. The number of pyridine rings is 1. The molecule has 0 fully saturated rings. The van der Waals surface area contributed by atoms with Crippen molar-refractivity contribution < 1.29 is 30.6 Å². The lowest BCUT2D eigenvalue weighted by atomic mass is 10.1. The second-order valence-electron chi connectivity index (χ2n) is 6.63. The average Bonchev–Trinajstić information content (AvgIpc) is 3.30. The fourth-order valence-electron chi connectivity index (χ4n) is 3.31. The van der Waals surface area contributed by atoms with E-state index in [1.54, 1.807) is 14.0 Å². The van der Waals surface area contributed by atoms with Crippen molar-refractivity contribution in [3.05, 3.63) is 34.0 Å². The molecule has 0 spiro atoms. The number of imidazole rings is 1. The van der Waals surface area contributed by atoms with Gasteiger partial charge in [0.1, 0.15) is 5.69 Å². The molecule has 1 aliphatic carbocycles. The van der Waals surface area contributed by atoms with E-state index in [-0.39, 0.29) is 28.4 Å². The minimum Gasteiger partial charge on any atom is -0.325 e. The molecule has 1 aliphatic rings. The van der Waals surface area contributed by atoms with Crippen LogP contribution in [0.4, 0.5) is 26.3 Å². The molecule has 0 bridgehead atoms. The topological polar surface area (TPSA) is 47.8 Å². The van der Waals surface area contributed by atoms with Gasteiger partial charge in [-0.05, 0) is 17.7 Å². The van der Waals surface area contributed by atoms with Crippen molar-refractivity contribution in [3.8, 4) is 10.7 Å². The third-order valence-corrected chi connectivity index (χ3v) is 7.51. The van der Waals surface area contributed by atoms with Crippen molar-refractivity contribution in [2.75, 3.05) is 5.75 Å². The molecular weight excluding hydrogens is 452 g/mol. The number of thiophene rings is 1. The van der Waals surface area contributed by atoms with Gasteiger partial charge in [0.2, 0.25) is 0 Å². The summed E-state index contributed by atoms with van der Waals surface area (Å²) in [4.78, 5) is 8.70. The lowest BCUT2D eigenvalue weighted by molar-refractivity contribution is -0.141. The Morgan fingerprint density at radius 3 is 2.50 bits per heavy atom. The van der Waals surface area contributed by atoms with Gasteiger partial charge >= 0.3 is 12.4 Å². The van der Waals surface area contributed by atoms with Crippen molar-refractivity contribution in [2.24, 2.45) is 7.05 Å². The molecule has 3 aromatic heterocycles. The van der Waals surface area contributed by atoms with Crippen molar-refractivity contribution in [1.29, 1.82) is 0 Å². The lowest BCUT2D eigenvalue weighted by Gasteiger charge is -2.09. The summed E-state index contributed by atoms with van der Waals surface area (Å²) >= 11 is 1.01. The Labute approximate surface area is 172 Å². The van der Waals surface area contributed by atoms with Gasteiger partial charge in [-0.2, -0.15) is 26.3 Å². The van der Waals surface area contributed by atoms with E-state index in [4.69, 9.17) is 0 Å². The molecule has 0 aliphatic heterocycles. The zero-order valence-corrected chi connectivity index (χ0v) is 17.1. The Morgan fingerprint density at radius 1 is 1.20 bits per heavy atom. The van der Waals surface area contributed by atoms with Crippen LogP contribution in [0.5, 0.6) is 0 Å². The summed E-state index contributed by atoms with van der Waals surface area (Å²) in [6.45, 7) is 1.64. The van der Waals surface area contributed by atoms with Crippen LogP contribution >= 0.6 is 11.3 Å². The fourth-order valence-corrected chi connectivity index (χ4v) is 6.03. The molecule has 160 valence electrons. The molecule has 3 aromatic rings. The SMILES string of the molecule is CCS(=O)c1c(-c2nc3cc(C(F)(F)F)ncc3n2C)sc2c1CC(C(F)(F)F)=C2. The minimum atomic E-state index is -4.64. The van der Waals surface area contributed by atoms with Crippen LogP contribution in [-0.4, -0.2) is 30.7 Å². The van der Waals surface area contributed by atoms with Crippen molar-refractivity contribution in [1.82, 2.24) is 14.5 Å². The molecule has 0 aromatic carbocycles. The Morgan fingerprint density at radius 2 is 1.90 bits per heavy atom. The molecule has 3 heterocycles. The highest BCUT2D eigenvalue weighted by Crippen LogP contribution is 2.47. The van der Waals surface area contributed by atoms with E-state index in [0.29, 0.717) is 20.8 Å². The number of alkyl halides is 6. The van der Waals surface area contributed by atoms with E-state index in [0.717, 1.165) is 29.7 Å². The molecule has 1 unspecified atom stereocenters. The predicted octanol–water partition coefficient (Wildman–Crippen LogP) is 5.34. The number of halogens is 6. The van der Waals surface area contributed by atoms with Crippen molar-refractivity contribution >= 4 is 39.2 Å². The van der Waals surface area contributed by atoms with Gasteiger partial charge in [0, 0.05) is 29.7 Å². The maximum absolute atomic E-state index is 13.1. The number of hydrogen-bond donors (Lipinski definition) is 0. The van der Waals surface area contributed by atoms with Gasteiger partial charge in [0.25, 0.3) is 0 Å². The molecule has 0 saturated heterocycles. The van der Waals surface area contributed by atoms with E-state index in [1.165, 1.54) is 4.57 Å². The zero-order chi connectivity index (χ0) is 22.0. The number of aromatic nitrogens is 3. The number of nitrogens with zero attached hydrogens (tertiary/aromatic N) is 3. The summed E-state index contributed by atoms with van der Waals surface area (Å²) in [6, 6.07) is 0.818. The summed E-state index contributed by atoms with van der Waals surface area (Å²) in [5.74, 6) is 0.422. The van der Waals surface area contributed by atoms with Gasteiger partial charge in [0.15, 0.2) is 5.82 Å². The summed E-state index contributed by atoms with van der Waals surface area (Å²) in [6.07, 6.45) is -7.43. The van der Waals surface area contributed by atoms with E-state index in [1.807, 2.05) is 0 Å². The quantitative estimate of drug-likeness (QED) is 0.491. The standard InChI is InChI=1S/C18H13F6N3OS2/c1-3-30(28)15-9-4-8(17(19,20)21)5-12(9)29-14(15)16-26-10-6-13(18(22,23)24)25-7-11(10)27(16)2/h5-7H,3-4H2,1-2H3. The van der Waals surface area contributed by atoms with Crippen LogP contribution < -0.4 is 0 Å². The third kappa shape index (κ3) is 3.35. The van der Waals surface area contributed by atoms with Gasteiger partial charge < -0.3 is 4.57 Å². The second-order valence-corrected chi connectivity index (χ2v) is 9.36. The number of allylic oxidation sites excluding steroid dienone is 1. The van der Waals surface area contributed by atoms with Gasteiger partial charge in [-0.1, -0.05) is 6.92 Å². The van der Waals surface area contributed by atoms with Gasteiger partial charge in [-0.15, -0.1) is 11.3 Å². The first kappa shape index (κ1) is 21.0. The Balaban J connectivity index is 1.91. The molecule has 1 atom stereocenters. The largest absolute Gasteiger partial charge is 0.433 e. The molecular formula is C18H13F6N3OS2. The van der Waals surface area contributed by atoms with Crippen LogP contribution in [0.2, 0.25) is 0 Å². The third-order valence-electron chi connectivity index (χ3n) is 4.78. The summed E-state index contributed by atoms with van der Waals surface area (Å²) in [5.41, 5.74) is -1.10. The number of rotatable bonds is 3. The van der Waals surface area contributed by atoms with Crippen molar-refractivity contribution in [2.45, 2.75) is 30.6 Å². The summed E-state index contributed by atoms with van der Waals surface area (Å²) < 4.78 is 92.5. The number of fused-ring (bicyclic) bond motifs is 2. The minimum absolute atomic E-state index is 0.0446. The van der Waals surface area contributed by atoms with Gasteiger partial charge in [-0.3, -0.25) is 4.21 Å². The normalized spacial score (nSPS) is 15.5. The maximum Gasteiger partial charge on any atom is 0.433 e. The van der Waals surface area contributed by atoms with Crippen LogP contribution in [0, 0.1) is 0 Å². The first-order valence-corrected chi connectivity index (χ1v) is 10.8. The average molecular weight is 465 g/mol. The highest BCUT2D eigenvalue weighted by molar-refractivity contribution is 7.85. The van der Waals surface area contributed by atoms with E-state index in [2.05, 4.69) is 9.97 Å². The van der Waals surface area contributed by atoms with Crippen molar-refractivity contribution in [3.63, 3.8) is 0 Å². The maximum atomic E-state index is 13.1. The van der Waals surface area contributed by atoms with Crippen LogP contribution in [0.25, 0.3) is 27.8 Å². The molecule has 30 heavy (non-hydrogen) atoms. The van der Waals surface area contributed by atoms with Crippen LogP contribution in [0.15, 0.2) is 22.7 Å². The Bertz CT molecular complexity index is 1220. The fraction of sp³-hybridized carbons (Fsp3) is 0.333. The monoisotopic (exact) mass is 465 g/mol. The first-order chi connectivity index (χ1) is 13.9. The predicted molar refractivity (Wildman–Crippen MR) is 102 cm³/mol. The van der Waals surface area contributed by atoms with E-state index in [9.17, 15) is 30.6 Å². The molecule has 0 N–H and O–H groups in total. The van der Waals surface area contributed by atoms with Crippen LogP contribution in [-0.2, 0) is 30.4 Å². The molecule has 4 nitrogen and oxygen atoms in total. The Kier molecular flexibility index (Phi) is 4.84. The van der Waals surface area contributed by atoms with Crippen LogP contribution in [0.1, 0.15) is 23.1 Å². The molecule has 0 saturated carbocycles. The molecule has 12 heteroatoms. The second kappa shape index (κ2) is 6.91. The Hall–Kier alpha value is -2.21. The summed E-state index contributed by atoms with van der Waals surface area (Å²) in [5, 5.41) is 0. The highest BCUT2D eigenvalue weighted by atomic mass is 32.2. The number of hydrogen-bond acceptors (Lipinski definition) is 4. The molecule has 0 radical (unpaired) electrons. The highest BCUT2D eigenvalue weighted by Gasteiger charge is 2.40. The van der Waals surface area contributed by atoms with E-state index < -0.39 is 34.4 Å². The van der Waals surface area contributed by atoms with Gasteiger partial charge in [-0.25, -0.2) is 9.97 Å². The van der Waals surface area contributed by atoms with Gasteiger partial charge in [0.05, 0.1) is 37.8 Å². The number of aryl methyl sites for hydroxylation is 1. The van der Waals surface area contributed by atoms with E-state index >= 15 is 0 Å². The van der Waals surface area contributed by atoms with Crippen LogP contribution in [0.3, 0.4) is 0 Å². The zero-order valence-electron chi connectivity index (χ0n) is 15.5. The summed E-state index contributed by atoms with van der Waals surface area (Å²) in [7, 11) is -0.0128. The molecule has 4 rings (SSSR count). The lowest BCUT2D eigenvalue weighted by Crippen LogP contribution is -2.12. The molecule has 0 amide bonds. The first-order valence-electron chi connectivity index (χ1n) is 8.63.